The molecule has 2 aromatic rings. The van der Waals surface area contributed by atoms with E-state index >= 15 is 0 Å². The minimum Gasteiger partial charge on any atom is -0.360 e. The van der Waals surface area contributed by atoms with Crippen molar-refractivity contribution in [3.05, 3.63) is 51.3 Å². The van der Waals surface area contributed by atoms with Gasteiger partial charge in [-0.15, -0.1) is 0 Å². The minimum atomic E-state index is -0.509. The number of aromatic nitrogens is 1. The molecule has 1 aromatic carbocycles. The molecule has 30 heavy (non-hydrogen) atoms. The number of carbonyl (C=O) groups is 2. The summed E-state index contributed by atoms with van der Waals surface area (Å²) in [6.45, 7) is 6.33. The Morgan fingerprint density at radius 2 is 2.00 bits per heavy atom. The lowest BCUT2D eigenvalue weighted by molar-refractivity contribution is -0.886. The highest BCUT2D eigenvalue weighted by Gasteiger charge is 2.24. The van der Waals surface area contributed by atoms with Crippen LogP contribution in [0.25, 0.3) is 0 Å². The number of nitro groups is 1. The molecule has 1 aliphatic rings. The van der Waals surface area contributed by atoms with Crippen LogP contribution in [-0.2, 0) is 4.79 Å². The third-order valence-electron chi connectivity index (χ3n) is 5.22. The Morgan fingerprint density at radius 3 is 2.63 bits per heavy atom. The quantitative estimate of drug-likeness (QED) is 0.488. The van der Waals surface area contributed by atoms with Gasteiger partial charge in [0.2, 0.25) is 5.91 Å². The van der Waals surface area contributed by atoms with Gasteiger partial charge >= 0.3 is 0 Å². The molecule has 2 heterocycles. The van der Waals surface area contributed by atoms with E-state index in [4.69, 9.17) is 4.52 Å². The van der Waals surface area contributed by atoms with Gasteiger partial charge in [0, 0.05) is 36.1 Å². The van der Waals surface area contributed by atoms with Crippen LogP contribution >= 0.6 is 0 Å². The summed E-state index contributed by atoms with van der Waals surface area (Å²) in [4.78, 5) is 39.2. The van der Waals surface area contributed by atoms with Crippen LogP contribution in [0.1, 0.15) is 34.5 Å². The molecular weight excluding hydrogens is 390 g/mol. The van der Waals surface area contributed by atoms with Gasteiger partial charge in [0.15, 0.2) is 5.82 Å². The smallest absolute Gasteiger partial charge is 0.273 e. The van der Waals surface area contributed by atoms with Crippen molar-refractivity contribution in [3.63, 3.8) is 0 Å². The SMILES string of the molecule is Cc1cc(NC(=O)CN(CC[NH+]2CCCC2)C(=O)c2ccc(C)c([N+](=O)[O-])c2)no1. The molecule has 1 fully saturated rings. The predicted octanol–water partition coefficient (Wildman–Crippen LogP) is 0.959. The summed E-state index contributed by atoms with van der Waals surface area (Å²) in [5.74, 6) is 0.0155. The van der Waals surface area contributed by atoms with E-state index in [0.29, 0.717) is 17.9 Å². The van der Waals surface area contributed by atoms with Crippen LogP contribution in [0.5, 0.6) is 0 Å². The molecule has 0 aliphatic carbocycles. The second-order valence-electron chi connectivity index (χ2n) is 7.56. The van der Waals surface area contributed by atoms with Gasteiger partial charge in [-0.05, 0) is 19.9 Å². The number of hydrogen-bond acceptors (Lipinski definition) is 6. The van der Waals surface area contributed by atoms with Crippen LogP contribution in [0.2, 0.25) is 0 Å². The molecule has 0 atom stereocenters. The van der Waals surface area contributed by atoms with Crippen molar-refractivity contribution < 1.29 is 23.9 Å². The van der Waals surface area contributed by atoms with E-state index in [9.17, 15) is 19.7 Å². The fourth-order valence-corrected chi connectivity index (χ4v) is 3.57. The number of anilines is 1. The standard InChI is InChI=1S/C20H25N5O5/c1-14-5-6-16(12-17(14)25(28)29)20(27)24(10-9-23-7-3-4-8-23)13-19(26)21-18-11-15(2)30-22-18/h5-6,11-12H,3-4,7-10,13H2,1-2H3,(H,21,22,26)/p+1. The first-order valence-electron chi connectivity index (χ1n) is 9.94. The van der Waals surface area contributed by atoms with Crippen LogP contribution in [0.4, 0.5) is 11.5 Å². The first-order chi connectivity index (χ1) is 14.3. The average Bonchev–Trinajstić information content (AvgIpc) is 3.36. The van der Waals surface area contributed by atoms with Crippen LogP contribution in [-0.4, -0.2) is 59.5 Å². The molecule has 2 N–H and O–H groups in total. The Kier molecular flexibility index (Phi) is 6.78. The number of quaternary nitrogens is 1. The predicted molar refractivity (Wildman–Crippen MR) is 108 cm³/mol. The first kappa shape index (κ1) is 21.4. The van der Waals surface area contributed by atoms with E-state index in [0.717, 1.165) is 32.5 Å². The van der Waals surface area contributed by atoms with E-state index in [2.05, 4.69) is 10.5 Å². The van der Waals surface area contributed by atoms with E-state index in [-0.39, 0.29) is 23.6 Å². The summed E-state index contributed by atoms with van der Waals surface area (Å²) in [6, 6.07) is 5.96. The number of rotatable bonds is 8. The number of carbonyl (C=O) groups excluding carboxylic acids is 2. The maximum atomic E-state index is 13.1. The summed E-state index contributed by atoms with van der Waals surface area (Å²) < 4.78 is 4.94. The van der Waals surface area contributed by atoms with E-state index in [1.165, 1.54) is 15.9 Å². The number of likely N-dealkylation sites (tertiary alicyclic amines) is 1. The van der Waals surface area contributed by atoms with Crippen LogP contribution in [0.15, 0.2) is 28.8 Å². The molecule has 3 rings (SSSR count). The molecule has 0 saturated carbocycles. The Morgan fingerprint density at radius 1 is 1.27 bits per heavy atom. The van der Waals surface area contributed by atoms with Gasteiger partial charge in [0.05, 0.1) is 31.1 Å². The second kappa shape index (κ2) is 9.49. The van der Waals surface area contributed by atoms with Crippen LogP contribution < -0.4 is 10.2 Å². The summed E-state index contributed by atoms with van der Waals surface area (Å²) in [5.41, 5.74) is 0.547. The zero-order valence-electron chi connectivity index (χ0n) is 17.1. The lowest BCUT2D eigenvalue weighted by Gasteiger charge is -2.23. The van der Waals surface area contributed by atoms with E-state index in [1.807, 2.05) is 0 Å². The zero-order chi connectivity index (χ0) is 21.7. The fraction of sp³-hybridized carbons (Fsp3) is 0.450. The molecule has 1 saturated heterocycles. The number of aryl methyl sites for hydroxylation is 2. The van der Waals surface area contributed by atoms with Crippen molar-refractivity contribution in [2.24, 2.45) is 0 Å². The Bertz CT molecular complexity index is 935. The molecule has 0 spiro atoms. The van der Waals surface area contributed by atoms with Crippen molar-refractivity contribution in [1.29, 1.82) is 0 Å². The van der Waals surface area contributed by atoms with Crippen molar-refractivity contribution in [3.8, 4) is 0 Å². The number of amides is 2. The monoisotopic (exact) mass is 416 g/mol. The summed E-state index contributed by atoms with van der Waals surface area (Å²) in [6.07, 6.45) is 2.30. The van der Waals surface area contributed by atoms with E-state index < -0.39 is 16.7 Å². The maximum Gasteiger partial charge on any atom is 0.273 e. The van der Waals surface area contributed by atoms with Gasteiger partial charge in [-0.2, -0.15) is 0 Å². The largest absolute Gasteiger partial charge is 0.360 e. The van der Waals surface area contributed by atoms with Crippen molar-refractivity contribution in [2.45, 2.75) is 26.7 Å². The molecule has 1 aromatic heterocycles. The topological polar surface area (TPSA) is 123 Å². The molecule has 0 unspecified atom stereocenters. The summed E-state index contributed by atoms with van der Waals surface area (Å²) in [5, 5.41) is 17.6. The first-order valence-corrected chi connectivity index (χ1v) is 9.94. The number of nitro benzene ring substituents is 1. The summed E-state index contributed by atoms with van der Waals surface area (Å²) in [7, 11) is 0. The third-order valence-corrected chi connectivity index (χ3v) is 5.22. The Labute approximate surface area is 174 Å². The van der Waals surface area contributed by atoms with Crippen molar-refractivity contribution in [2.75, 3.05) is 38.0 Å². The van der Waals surface area contributed by atoms with Crippen molar-refractivity contribution in [1.82, 2.24) is 10.1 Å². The van der Waals surface area contributed by atoms with Crippen molar-refractivity contribution >= 4 is 23.3 Å². The number of hydrogen-bond donors (Lipinski definition) is 2. The molecule has 0 radical (unpaired) electrons. The molecule has 160 valence electrons. The second-order valence-corrected chi connectivity index (χ2v) is 7.56. The molecule has 1 aliphatic heterocycles. The third kappa shape index (κ3) is 5.41. The Hall–Kier alpha value is -3.27. The van der Waals surface area contributed by atoms with Gasteiger partial charge in [0.1, 0.15) is 12.3 Å². The van der Waals surface area contributed by atoms with Crippen LogP contribution in [0, 0.1) is 24.0 Å². The zero-order valence-corrected chi connectivity index (χ0v) is 17.1. The number of nitrogens with zero attached hydrogens (tertiary/aromatic N) is 3. The van der Waals surface area contributed by atoms with Gasteiger partial charge in [-0.1, -0.05) is 11.2 Å². The lowest BCUT2D eigenvalue weighted by Crippen LogP contribution is -3.10. The molecule has 10 heteroatoms. The molecule has 10 nitrogen and oxygen atoms in total. The van der Waals surface area contributed by atoms with Gasteiger partial charge in [0.25, 0.3) is 11.6 Å². The highest BCUT2D eigenvalue weighted by atomic mass is 16.6. The van der Waals surface area contributed by atoms with Gasteiger partial charge in [-0.25, -0.2) is 0 Å². The maximum absolute atomic E-state index is 13.1. The van der Waals surface area contributed by atoms with Crippen LogP contribution in [0.3, 0.4) is 0 Å². The lowest BCUT2D eigenvalue weighted by atomic mass is 10.1. The normalized spacial score (nSPS) is 13.9. The van der Waals surface area contributed by atoms with Gasteiger partial charge in [-0.3, -0.25) is 19.7 Å². The van der Waals surface area contributed by atoms with Gasteiger partial charge < -0.3 is 19.6 Å². The highest BCUT2D eigenvalue weighted by molar-refractivity contribution is 5.99. The number of nitrogens with one attached hydrogen (secondary N) is 2. The number of benzene rings is 1. The molecule has 0 bridgehead atoms. The van der Waals surface area contributed by atoms with E-state index in [1.54, 1.807) is 32.0 Å². The fourth-order valence-electron chi connectivity index (χ4n) is 3.57. The minimum absolute atomic E-state index is 0.117. The average molecular weight is 416 g/mol. The molecular formula is C20H26N5O5+. The summed E-state index contributed by atoms with van der Waals surface area (Å²) >= 11 is 0. The Balaban J connectivity index is 1.75. The molecule has 2 amide bonds. The highest BCUT2D eigenvalue weighted by Crippen LogP contribution is 2.20.